The summed E-state index contributed by atoms with van der Waals surface area (Å²) in [4.78, 5) is 9.19. The standard InChI is InChI=1S/C18H32N4O2S.HI/c1-3-17-22-15(14-25-17)8-10-21-18(19-4-2)20-9-6-11-23-13-16-7-5-12-24-16;/h14,16H,3-13H2,1-2H3,(H2,19,20,21);1H. The Morgan fingerprint density at radius 2 is 2.31 bits per heavy atom. The Bertz CT molecular complexity index is 507. The van der Waals surface area contributed by atoms with Crippen LogP contribution in [0.25, 0.3) is 0 Å². The Hall–Kier alpha value is -0.450. The van der Waals surface area contributed by atoms with Crippen LogP contribution in [0.4, 0.5) is 0 Å². The fourth-order valence-electron chi connectivity index (χ4n) is 2.62. The smallest absolute Gasteiger partial charge is 0.191 e. The molecule has 0 bridgehead atoms. The van der Waals surface area contributed by atoms with E-state index >= 15 is 0 Å². The number of hydrogen-bond donors (Lipinski definition) is 2. The second-order valence-corrected chi connectivity index (χ2v) is 7.03. The minimum Gasteiger partial charge on any atom is -0.379 e. The fraction of sp³-hybridized carbons (Fsp3) is 0.778. The van der Waals surface area contributed by atoms with Gasteiger partial charge in [-0.2, -0.15) is 0 Å². The maximum atomic E-state index is 5.67. The molecule has 1 fully saturated rings. The number of hydrogen-bond acceptors (Lipinski definition) is 5. The molecule has 2 N–H and O–H groups in total. The fourth-order valence-corrected chi connectivity index (χ4v) is 3.40. The maximum Gasteiger partial charge on any atom is 0.191 e. The Morgan fingerprint density at radius 3 is 3.00 bits per heavy atom. The topological polar surface area (TPSA) is 67.8 Å². The van der Waals surface area contributed by atoms with Crippen LogP contribution in [0.3, 0.4) is 0 Å². The lowest BCUT2D eigenvalue weighted by Gasteiger charge is -2.11. The molecule has 0 saturated carbocycles. The van der Waals surface area contributed by atoms with Gasteiger partial charge in [0.25, 0.3) is 0 Å². The molecule has 0 amide bonds. The average molecular weight is 496 g/mol. The van der Waals surface area contributed by atoms with Crippen LogP contribution >= 0.6 is 35.3 Å². The molecule has 1 aliphatic heterocycles. The largest absolute Gasteiger partial charge is 0.379 e. The van der Waals surface area contributed by atoms with Crippen LogP contribution in [0, 0.1) is 0 Å². The van der Waals surface area contributed by atoms with Crippen molar-refractivity contribution in [2.75, 3.05) is 39.5 Å². The lowest BCUT2D eigenvalue weighted by Crippen LogP contribution is -2.38. The van der Waals surface area contributed by atoms with Crippen molar-refractivity contribution in [2.45, 2.75) is 52.1 Å². The molecule has 1 aliphatic rings. The van der Waals surface area contributed by atoms with Crippen LogP contribution in [0.15, 0.2) is 10.4 Å². The number of nitrogens with zero attached hydrogens (tertiary/aromatic N) is 2. The molecule has 2 rings (SSSR count). The third-order valence-electron chi connectivity index (χ3n) is 3.96. The van der Waals surface area contributed by atoms with Crippen molar-refractivity contribution in [2.24, 2.45) is 4.99 Å². The highest BCUT2D eigenvalue weighted by Crippen LogP contribution is 2.12. The van der Waals surface area contributed by atoms with Gasteiger partial charge < -0.3 is 20.1 Å². The van der Waals surface area contributed by atoms with Gasteiger partial charge in [0.1, 0.15) is 0 Å². The van der Waals surface area contributed by atoms with Gasteiger partial charge in [0.05, 0.1) is 23.4 Å². The summed E-state index contributed by atoms with van der Waals surface area (Å²) in [6, 6.07) is 0. The molecule has 0 aliphatic carbocycles. The number of aromatic nitrogens is 1. The van der Waals surface area contributed by atoms with Crippen LogP contribution in [0.2, 0.25) is 0 Å². The molecule has 1 saturated heterocycles. The van der Waals surface area contributed by atoms with E-state index in [0.29, 0.717) is 6.10 Å². The van der Waals surface area contributed by atoms with Gasteiger partial charge in [-0.05, 0) is 32.6 Å². The zero-order valence-corrected chi connectivity index (χ0v) is 19.1. The summed E-state index contributed by atoms with van der Waals surface area (Å²) in [6.45, 7) is 9.02. The van der Waals surface area contributed by atoms with E-state index in [1.54, 1.807) is 11.3 Å². The molecular weight excluding hydrogens is 463 g/mol. The van der Waals surface area contributed by atoms with E-state index in [1.165, 1.54) is 5.01 Å². The number of ether oxygens (including phenoxy) is 2. The normalized spacial score (nSPS) is 17.2. The van der Waals surface area contributed by atoms with Crippen molar-refractivity contribution in [1.29, 1.82) is 0 Å². The number of rotatable bonds is 11. The molecule has 8 heteroatoms. The van der Waals surface area contributed by atoms with Crippen molar-refractivity contribution < 1.29 is 9.47 Å². The summed E-state index contributed by atoms with van der Waals surface area (Å²) in [6.07, 6.45) is 5.46. The van der Waals surface area contributed by atoms with E-state index in [0.717, 1.165) is 83.2 Å². The summed E-state index contributed by atoms with van der Waals surface area (Å²) in [5.74, 6) is 0.868. The van der Waals surface area contributed by atoms with Gasteiger partial charge in [-0.15, -0.1) is 35.3 Å². The third kappa shape index (κ3) is 9.48. The number of guanidine groups is 1. The predicted molar refractivity (Wildman–Crippen MR) is 119 cm³/mol. The lowest BCUT2D eigenvalue weighted by atomic mass is 10.2. The molecule has 1 atom stereocenters. The van der Waals surface area contributed by atoms with Crippen LogP contribution < -0.4 is 10.6 Å². The van der Waals surface area contributed by atoms with Crippen LogP contribution in [-0.2, 0) is 22.3 Å². The summed E-state index contributed by atoms with van der Waals surface area (Å²) in [5, 5.41) is 10.0. The van der Waals surface area contributed by atoms with E-state index in [1.807, 2.05) is 0 Å². The summed E-state index contributed by atoms with van der Waals surface area (Å²) >= 11 is 1.74. The number of nitrogens with one attached hydrogen (secondary N) is 2. The SMILES string of the molecule is CCNC(=NCCCOCC1CCCO1)NCCc1csc(CC)n1.I. The molecule has 0 radical (unpaired) electrons. The Balaban J connectivity index is 0.00000338. The highest BCUT2D eigenvalue weighted by Gasteiger charge is 2.14. The predicted octanol–water partition coefficient (Wildman–Crippen LogP) is 3.01. The first kappa shape index (κ1) is 23.6. The molecule has 0 aromatic carbocycles. The monoisotopic (exact) mass is 496 g/mol. The molecule has 150 valence electrons. The molecule has 2 heterocycles. The van der Waals surface area contributed by atoms with Gasteiger partial charge in [-0.1, -0.05) is 6.92 Å². The highest BCUT2D eigenvalue weighted by molar-refractivity contribution is 14.0. The van der Waals surface area contributed by atoms with Gasteiger partial charge in [-0.3, -0.25) is 4.99 Å². The van der Waals surface area contributed by atoms with Crippen molar-refractivity contribution in [1.82, 2.24) is 15.6 Å². The van der Waals surface area contributed by atoms with Gasteiger partial charge in [-0.25, -0.2) is 4.98 Å². The maximum absolute atomic E-state index is 5.67. The molecule has 1 unspecified atom stereocenters. The minimum atomic E-state index is 0. The van der Waals surface area contributed by atoms with Crippen molar-refractivity contribution >= 4 is 41.3 Å². The van der Waals surface area contributed by atoms with Gasteiger partial charge in [0.15, 0.2) is 5.96 Å². The summed E-state index contributed by atoms with van der Waals surface area (Å²) in [7, 11) is 0. The summed E-state index contributed by atoms with van der Waals surface area (Å²) < 4.78 is 11.2. The lowest BCUT2D eigenvalue weighted by molar-refractivity contribution is 0.0171. The Labute approximate surface area is 178 Å². The first-order chi connectivity index (χ1) is 12.3. The number of halogens is 1. The van der Waals surface area contributed by atoms with Gasteiger partial charge in [0, 0.05) is 44.6 Å². The van der Waals surface area contributed by atoms with Crippen LogP contribution in [0.5, 0.6) is 0 Å². The molecule has 26 heavy (non-hydrogen) atoms. The second-order valence-electron chi connectivity index (χ2n) is 6.09. The number of thiazole rings is 1. The average Bonchev–Trinajstić information content (AvgIpc) is 3.29. The van der Waals surface area contributed by atoms with E-state index < -0.39 is 0 Å². The van der Waals surface area contributed by atoms with E-state index in [-0.39, 0.29) is 24.0 Å². The van der Waals surface area contributed by atoms with Gasteiger partial charge in [0.2, 0.25) is 0 Å². The van der Waals surface area contributed by atoms with Crippen molar-refractivity contribution in [3.8, 4) is 0 Å². The first-order valence-electron chi connectivity index (χ1n) is 9.46. The Morgan fingerprint density at radius 1 is 1.42 bits per heavy atom. The zero-order valence-electron chi connectivity index (χ0n) is 16.0. The zero-order chi connectivity index (χ0) is 17.7. The Kier molecular flexibility index (Phi) is 13.2. The van der Waals surface area contributed by atoms with E-state index in [9.17, 15) is 0 Å². The number of aliphatic imine (C=N–C) groups is 1. The van der Waals surface area contributed by atoms with Gasteiger partial charge >= 0.3 is 0 Å². The minimum absolute atomic E-state index is 0. The third-order valence-corrected chi connectivity index (χ3v) is 5.01. The van der Waals surface area contributed by atoms with Crippen molar-refractivity contribution in [3.63, 3.8) is 0 Å². The molecule has 1 aromatic rings. The molecule has 1 aromatic heterocycles. The first-order valence-corrected chi connectivity index (χ1v) is 10.3. The molecule has 0 spiro atoms. The highest BCUT2D eigenvalue weighted by atomic mass is 127. The second kappa shape index (κ2) is 14.6. The van der Waals surface area contributed by atoms with E-state index in [4.69, 9.17) is 9.47 Å². The summed E-state index contributed by atoms with van der Waals surface area (Å²) in [5.41, 5.74) is 1.16. The molecule has 6 nitrogen and oxygen atoms in total. The van der Waals surface area contributed by atoms with Crippen LogP contribution in [-0.4, -0.2) is 56.5 Å². The van der Waals surface area contributed by atoms with Crippen LogP contribution in [0.1, 0.15) is 43.8 Å². The molecular formula is C18H33IN4O2S. The number of aryl methyl sites for hydroxylation is 1. The quantitative estimate of drug-likeness (QED) is 0.214. The van der Waals surface area contributed by atoms with E-state index in [2.05, 4.69) is 39.8 Å². The van der Waals surface area contributed by atoms with Crippen molar-refractivity contribution in [3.05, 3.63) is 16.1 Å².